The van der Waals surface area contributed by atoms with Crippen LogP contribution in [0.15, 0.2) is 12.1 Å². The Morgan fingerprint density at radius 1 is 1.19 bits per heavy atom. The summed E-state index contributed by atoms with van der Waals surface area (Å²) in [6.45, 7) is 7.73. The average molecular weight is 290 g/mol. The van der Waals surface area contributed by atoms with Crippen LogP contribution in [0.3, 0.4) is 0 Å². The lowest BCUT2D eigenvalue weighted by Crippen LogP contribution is -2.18. The fourth-order valence-corrected chi connectivity index (χ4v) is 2.42. The van der Waals surface area contributed by atoms with Crippen molar-refractivity contribution >= 4 is 11.0 Å². The van der Waals surface area contributed by atoms with Crippen LogP contribution in [0.2, 0.25) is 0 Å². The van der Waals surface area contributed by atoms with E-state index >= 15 is 0 Å². The Hall–Kier alpha value is -1.43. The van der Waals surface area contributed by atoms with Crippen molar-refractivity contribution in [3.63, 3.8) is 0 Å². The first kappa shape index (κ1) is 15.9. The maximum absolute atomic E-state index is 5.53. The Balaban J connectivity index is 2.34. The van der Waals surface area contributed by atoms with Crippen LogP contribution in [0.4, 0.5) is 0 Å². The summed E-state index contributed by atoms with van der Waals surface area (Å²) < 4.78 is 7.79. The molecule has 5 heteroatoms. The minimum Gasteiger partial charge on any atom is -0.378 e. The SMILES string of the molecule is Cc1cc2nc(CN(C)C)n(CCOCCN)c2cc1C. The monoisotopic (exact) mass is 290 g/mol. The summed E-state index contributed by atoms with van der Waals surface area (Å²) in [6, 6.07) is 4.39. The highest BCUT2D eigenvalue weighted by Gasteiger charge is 2.12. The standard InChI is InChI=1S/C16H26N4O/c1-12-9-14-15(10-13(12)2)20(6-8-21-7-5-17)16(18-14)11-19(3)4/h9-10H,5-8,11,17H2,1-4H3. The van der Waals surface area contributed by atoms with Crippen LogP contribution in [-0.2, 0) is 17.8 Å². The number of imidazole rings is 1. The summed E-state index contributed by atoms with van der Waals surface area (Å²) in [5.74, 6) is 1.08. The molecule has 1 aromatic carbocycles. The molecule has 0 radical (unpaired) electrons. The maximum atomic E-state index is 5.53. The van der Waals surface area contributed by atoms with E-state index in [1.807, 2.05) is 0 Å². The summed E-state index contributed by atoms with van der Waals surface area (Å²) in [4.78, 5) is 6.93. The number of rotatable bonds is 7. The molecule has 0 bridgehead atoms. The van der Waals surface area contributed by atoms with Crippen LogP contribution in [0.1, 0.15) is 17.0 Å². The van der Waals surface area contributed by atoms with E-state index in [0.29, 0.717) is 19.8 Å². The predicted octanol–water partition coefficient (Wildman–Crippen LogP) is 1.69. The van der Waals surface area contributed by atoms with Crippen molar-refractivity contribution in [2.24, 2.45) is 5.73 Å². The second kappa shape index (κ2) is 7.02. The molecule has 21 heavy (non-hydrogen) atoms. The zero-order chi connectivity index (χ0) is 15.4. The van der Waals surface area contributed by atoms with Crippen molar-refractivity contribution in [3.05, 3.63) is 29.1 Å². The Bertz CT molecular complexity index is 604. The Morgan fingerprint density at radius 3 is 2.57 bits per heavy atom. The van der Waals surface area contributed by atoms with E-state index in [9.17, 15) is 0 Å². The molecule has 2 rings (SSSR count). The van der Waals surface area contributed by atoms with Gasteiger partial charge in [0, 0.05) is 13.1 Å². The van der Waals surface area contributed by atoms with Crippen LogP contribution < -0.4 is 5.73 Å². The Morgan fingerprint density at radius 2 is 1.90 bits per heavy atom. The first-order chi connectivity index (χ1) is 10.0. The van der Waals surface area contributed by atoms with Crippen LogP contribution >= 0.6 is 0 Å². The number of hydrogen-bond acceptors (Lipinski definition) is 4. The van der Waals surface area contributed by atoms with E-state index < -0.39 is 0 Å². The zero-order valence-corrected chi connectivity index (χ0v) is 13.5. The highest BCUT2D eigenvalue weighted by Crippen LogP contribution is 2.21. The number of aryl methyl sites for hydroxylation is 2. The van der Waals surface area contributed by atoms with Gasteiger partial charge in [-0.1, -0.05) is 0 Å². The minimum atomic E-state index is 0.563. The van der Waals surface area contributed by atoms with E-state index in [-0.39, 0.29) is 0 Å². The van der Waals surface area contributed by atoms with Gasteiger partial charge in [0.05, 0.1) is 30.8 Å². The van der Waals surface area contributed by atoms with Gasteiger partial charge in [-0.2, -0.15) is 0 Å². The van der Waals surface area contributed by atoms with Crippen LogP contribution in [0.25, 0.3) is 11.0 Å². The fourth-order valence-electron chi connectivity index (χ4n) is 2.42. The van der Waals surface area contributed by atoms with Crippen LogP contribution in [0.5, 0.6) is 0 Å². The topological polar surface area (TPSA) is 56.3 Å². The zero-order valence-electron chi connectivity index (χ0n) is 13.5. The summed E-state index contributed by atoms with van der Waals surface area (Å²) >= 11 is 0. The fraction of sp³-hybridized carbons (Fsp3) is 0.562. The molecule has 0 aliphatic rings. The molecule has 0 saturated carbocycles. The molecule has 2 aromatic rings. The lowest BCUT2D eigenvalue weighted by atomic mass is 10.1. The number of aromatic nitrogens is 2. The van der Waals surface area contributed by atoms with Crippen molar-refractivity contribution in [2.45, 2.75) is 26.9 Å². The molecule has 1 aromatic heterocycles. The van der Waals surface area contributed by atoms with E-state index in [0.717, 1.165) is 24.4 Å². The largest absolute Gasteiger partial charge is 0.378 e. The molecule has 0 saturated heterocycles. The van der Waals surface area contributed by atoms with Gasteiger partial charge < -0.3 is 19.9 Å². The van der Waals surface area contributed by atoms with Gasteiger partial charge in [0.1, 0.15) is 5.82 Å². The second-order valence-electron chi connectivity index (χ2n) is 5.74. The number of hydrogen-bond donors (Lipinski definition) is 1. The smallest absolute Gasteiger partial charge is 0.124 e. The van der Waals surface area contributed by atoms with Gasteiger partial charge in [0.15, 0.2) is 0 Å². The summed E-state index contributed by atoms with van der Waals surface area (Å²) in [5.41, 5.74) is 10.3. The molecule has 0 unspecified atom stereocenters. The molecule has 0 aliphatic carbocycles. The van der Waals surface area contributed by atoms with Crippen LogP contribution in [0, 0.1) is 13.8 Å². The molecular formula is C16H26N4O. The highest BCUT2D eigenvalue weighted by atomic mass is 16.5. The average Bonchev–Trinajstić information content (AvgIpc) is 2.72. The summed E-state index contributed by atoms with van der Waals surface area (Å²) in [7, 11) is 4.12. The first-order valence-corrected chi connectivity index (χ1v) is 7.42. The molecule has 0 spiro atoms. The van der Waals surface area contributed by atoms with Gasteiger partial charge in [-0.15, -0.1) is 0 Å². The molecular weight excluding hydrogens is 264 g/mol. The highest BCUT2D eigenvalue weighted by molar-refractivity contribution is 5.78. The van der Waals surface area contributed by atoms with Crippen molar-refractivity contribution in [3.8, 4) is 0 Å². The minimum absolute atomic E-state index is 0.563. The van der Waals surface area contributed by atoms with Crippen molar-refractivity contribution in [2.75, 3.05) is 33.9 Å². The summed E-state index contributed by atoms with van der Waals surface area (Å²) in [6.07, 6.45) is 0. The van der Waals surface area contributed by atoms with E-state index in [2.05, 4.69) is 49.5 Å². The molecule has 5 nitrogen and oxygen atoms in total. The lowest BCUT2D eigenvalue weighted by Gasteiger charge is -2.13. The van der Waals surface area contributed by atoms with Gasteiger partial charge in [0.25, 0.3) is 0 Å². The van der Waals surface area contributed by atoms with Crippen molar-refractivity contribution in [1.82, 2.24) is 14.5 Å². The molecule has 0 aliphatic heterocycles. The molecule has 0 amide bonds. The van der Waals surface area contributed by atoms with E-state index in [4.69, 9.17) is 15.5 Å². The van der Waals surface area contributed by atoms with Gasteiger partial charge in [0.2, 0.25) is 0 Å². The summed E-state index contributed by atoms with van der Waals surface area (Å²) in [5, 5.41) is 0. The lowest BCUT2D eigenvalue weighted by molar-refractivity contribution is 0.133. The number of nitrogens with two attached hydrogens (primary N) is 1. The molecule has 0 fully saturated rings. The third kappa shape index (κ3) is 3.81. The maximum Gasteiger partial charge on any atom is 0.124 e. The normalized spacial score (nSPS) is 11.7. The van der Waals surface area contributed by atoms with Gasteiger partial charge in [-0.3, -0.25) is 0 Å². The van der Waals surface area contributed by atoms with Crippen molar-refractivity contribution in [1.29, 1.82) is 0 Å². The first-order valence-electron chi connectivity index (χ1n) is 7.42. The van der Waals surface area contributed by atoms with Crippen LogP contribution in [-0.4, -0.2) is 48.3 Å². The Kier molecular flexibility index (Phi) is 5.33. The Labute approximate surface area is 126 Å². The molecule has 116 valence electrons. The number of ether oxygens (including phenoxy) is 1. The number of fused-ring (bicyclic) bond motifs is 1. The third-order valence-electron chi connectivity index (χ3n) is 3.62. The van der Waals surface area contributed by atoms with Crippen molar-refractivity contribution < 1.29 is 4.74 Å². The molecule has 0 atom stereocenters. The van der Waals surface area contributed by atoms with Gasteiger partial charge in [-0.25, -0.2) is 4.98 Å². The molecule has 1 heterocycles. The predicted molar refractivity (Wildman–Crippen MR) is 86.5 cm³/mol. The van der Waals surface area contributed by atoms with Gasteiger partial charge in [-0.05, 0) is 51.2 Å². The van der Waals surface area contributed by atoms with E-state index in [1.54, 1.807) is 0 Å². The van der Waals surface area contributed by atoms with E-state index in [1.165, 1.54) is 16.6 Å². The number of benzene rings is 1. The number of nitrogens with zero attached hydrogens (tertiary/aromatic N) is 3. The molecule has 2 N–H and O–H groups in total. The second-order valence-corrected chi connectivity index (χ2v) is 5.74. The quantitative estimate of drug-likeness (QED) is 0.788. The third-order valence-corrected chi connectivity index (χ3v) is 3.62. The van der Waals surface area contributed by atoms with Gasteiger partial charge >= 0.3 is 0 Å².